The van der Waals surface area contributed by atoms with Crippen LogP contribution in [0.15, 0.2) is 30.3 Å². The van der Waals surface area contributed by atoms with Crippen molar-refractivity contribution in [3.63, 3.8) is 0 Å². The maximum absolute atomic E-state index is 12.1. The summed E-state index contributed by atoms with van der Waals surface area (Å²) in [7, 11) is 0. The van der Waals surface area contributed by atoms with Crippen LogP contribution in [0.25, 0.3) is 0 Å². The van der Waals surface area contributed by atoms with Gasteiger partial charge in [-0.25, -0.2) is 0 Å². The molecule has 0 bridgehead atoms. The molecule has 3 heteroatoms. The zero-order valence-electron chi connectivity index (χ0n) is 10.3. The lowest BCUT2D eigenvalue weighted by atomic mass is 9.76. The second-order valence-corrected chi connectivity index (χ2v) is 5.12. The van der Waals surface area contributed by atoms with Gasteiger partial charge in [0.05, 0.1) is 11.8 Å². The second-order valence-electron chi connectivity index (χ2n) is 5.12. The molecule has 88 valence electrons. The van der Waals surface area contributed by atoms with Crippen LogP contribution >= 0.6 is 0 Å². The lowest BCUT2D eigenvalue weighted by Crippen LogP contribution is -2.35. The van der Waals surface area contributed by atoms with Gasteiger partial charge in [0.2, 0.25) is 0 Å². The van der Waals surface area contributed by atoms with Crippen molar-refractivity contribution in [3.05, 3.63) is 41.1 Å². The van der Waals surface area contributed by atoms with Gasteiger partial charge < -0.3 is 5.21 Å². The Hall–Kier alpha value is -1.82. The van der Waals surface area contributed by atoms with Gasteiger partial charge >= 0.3 is 0 Å². The molecule has 1 aromatic carbocycles. The molecule has 1 heterocycles. The first-order chi connectivity index (χ1) is 8.00. The molecule has 0 spiro atoms. The molecule has 0 fully saturated rings. The monoisotopic (exact) mass is 228 g/mol. The van der Waals surface area contributed by atoms with Gasteiger partial charge in [-0.15, -0.1) is 0 Å². The molecule has 3 nitrogen and oxygen atoms in total. The fourth-order valence-corrected chi connectivity index (χ4v) is 2.90. The Labute approximate surface area is 102 Å². The molecule has 0 aromatic heterocycles. The van der Waals surface area contributed by atoms with Crippen LogP contribution in [0, 0.1) is 22.5 Å². The topological polar surface area (TPSA) is 49.9 Å². The number of hydrogen-bond donors (Lipinski definition) is 0. The molecule has 0 amide bonds. The predicted molar refractivity (Wildman–Crippen MR) is 66.7 cm³/mol. The first-order valence-corrected chi connectivity index (χ1v) is 5.79. The van der Waals surface area contributed by atoms with Crippen molar-refractivity contribution in [2.75, 3.05) is 0 Å². The summed E-state index contributed by atoms with van der Waals surface area (Å²) >= 11 is 0. The molecular formula is C14H16N2O. The van der Waals surface area contributed by atoms with Crippen LogP contribution in [0.2, 0.25) is 0 Å². The number of hydrogen-bond acceptors (Lipinski definition) is 2. The maximum atomic E-state index is 12.1. The normalized spacial score (nSPS) is 26.9. The van der Waals surface area contributed by atoms with E-state index in [2.05, 4.69) is 0 Å². The van der Waals surface area contributed by atoms with E-state index in [1.54, 1.807) is 0 Å². The Bertz CT molecular complexity index is 497. The van der Waals surface area contributed by atoms with E-state index in [0.29, 0.717) is 5.71 Å². The van der Waals surface area contributed by atoms with Gasteiger partial charge in [-0.2, -0.15) is 10.0 Å². The summed E-state index contributed by atoms with van der Waals surface area (Å²) in [5, 5.41) is 21.2. The van der Waals surface area contributed by atoms with Crippen LogP contribution < -0.4 is 0 Å². The third-order valence-electron chi connectivity index (χ3n) is 3.71. The van der Waals surface area contributed by atoms with Gasteiger partial charge in [0.15, 0.2) is 11.6 Å². The summed E-state index contributed by atoms with van der Waals surface area (Å²) in [6, 6.07) is 12.0. The highest BCUT2D eigenvalue weighted by molar-refractivity contribution is 5.98. The van der Waals surface area contributed by atoms with Crippen molar-refractivity contribution in [1.29, 1.82) is 5.26 Å². The van der Waals surface area contributed by atoms with E-state index in [4.69, 9.17) is 5.26 Å². The Morgan fingerprint density at radius 2 is 1.88 bits per heavy atom. The third kappa shape index (κ3) is 1.61. The lowest BCUT2D eigenvalue weighted by molar-refractivity contribution is -0.533. The molecule has 2 atom stereocenters. The fourth-order valence-electron chi connectivity index (χ4n) is 2.90. The smallest absolute Gasteiger partial charge is 0.269 e. The fraction of sp³-hybridized carbons (Fsp3) is 0.429. The molecule has 0 aliphatic carbocycles. The van der Waals surface area contributed by atoms with Crippen LogP contribution in [-0.4, -0.2) is 16.0 Å². The number of hydroxylamine groups is 1. The van der Waals surface area contributed by atoms with Gasteiger partial charge in [-0.1, -0.05) is 37.3 Å². The number of rotatable bonds is 1. The van der Waals surface area contributed by atoms with E-state index in [9.17, 15) is 5.21 Å². The quantitative estimate of drug-likeness (QED) is 0.548. The molecule has 17 heavy (non-hydrogen) atoms. The summed E-state index contributed by atoms with van der Waals surface area (Å²) < 4.78 is 0.884. The Morgan fingerprint density at radius 1 is 1.29 bits per heavy atom. The zero-order valence-corrected chi connectivity index (χ0v) is 10.3. The molecular weight excluding hydrogens is 212 g/mol. The standard InChI is InChI=1S/C14H16N2O/c1-10-12(9-15)16(17)14(2,3)13(10)11-7-5-4-6-8-11/h4-8,10,13H,1-3H3. The minimum Gasteiger partial charge on any atom is -0.623 e. The van der Waals surface area contributed by atoms with Crippen LogP contribution in [0.4, 0.5) is 0 Å². The first-order valence-electron chi connectivity index (χ1n) is 5.79. The molecule has 0 radical (unpaired) electrons. The summed E-state index contributed by atoms with van der Waals surface area (Å²) in [4.78, 5) is 0. The molecule has 1 aromatic rings. The Kier molecular flexibility index (Phi) is 2.66. The van der Waals surface area contributed by atoms with E-state index in [-0.39, 0.29) is 11.8 Å². The lowest BCUT2D eigenvalue weighted by Gasteiger charge is -2.27. The average Bonchev–Trinajstić information content (AvgIpc) is 2.47. The van der Waals surface area contributed by atoms with E-state index in [0.717, 1.165) is 10.3 Å². The molecule has 0 N–H and O–H groups in total. The van der Waals surface area contributed by atoms with Gasteiger partial charge in [0, 0.05) is 13.8 Å². The maximum Gasteiger partial charge on any atom is 0.269 e. The Morgan fingerprint density at radius 3 is 2.35 bits per heavy atom. The zero-order chi connectivity index (χ0) is 12.6. The summed E-state index contributed by atoms with van der Waals surface area (Å²) in [6.45, 7) is 5.76. The van der Waals surface area contributed by atoms with E-state index < -0.39 is 5.54 Å². The van der Waals surface area contributed by atoms with Crippen molar-refractivity contribution in [2.45, 2.75) is 32.2 Å². The SMILES string of the molecule is CC1C(C#N)=[N+]([O-])C(C)(C)C1c1ccccc1. The summed E-state index contributed by atoms with van der Waals surface area (Å²) in [6.07, 6.45) is 0. The Balaban J connectivity index is 2.50. The highest BCUT2D eigenvalue weighted by Crippen LogP contribution is 2.42. The minimum absolute atomic E-state index is 0.0325. The average molecular weight is 228 g/mol. The molecule has 1 aliphatic heterocycles. The van der Waals surface area contributed by atoms with Crippen LogP contribution in [0.3, 0.4) is 0 Å². The highest BCUT2D eigenvalue weighted by atomic mass is 16.5. The second kappa shape index (κ2) is 3.89. The van der Waals surface area contributed by atoms with E-state index in [1.165, 1.54) is 0 Å². The molecule has 0 saturated carbocycles. The molecule has 2 unspecified atom stereocenters. The van der Waals surface area contributed by atoms with Crippen molar-refractivity contribution in [1.82, 2.24) is 0 Å². The van der Waals surface area contributed by atoms with Crippen LogP contribution in [0.1, 0.15) is 32.3 Å². The molecule has 0 saturated heterocycles. The van der Waals surface area contributed by atoms with Gasteiger partial charge in [-0.05, 0) is 5.56 Å². The number of benzene rings is 1. The molecule has 1 aliphatic rings. The summed E-state index contributed by atoms with van der Waals surface area (Å²) in [5.74, 6) is 0.0331. The van der Waals surface area contributed by atoms with Crippen molar-refractivity contribution in [2.24, 2.45) is 5.92 Å². The summed E-state index contributed by atoms with van der Waals surface area (Å²) in [5.41, 5.74) is 0.895. The van der Waals surface area contributed by atoms with E-state index >= 15 is 0 Å². The minimum atomic E-state index is -0.564. The third-order valence-corrected chi connectivity index (χ3v) is 3.71. The largest absolute Gasteiger partial charge is 0.623 e. The van der Waals surface area contributed by atoms with Crippen molar-refractivity contribution >= 4 is 5.71 Å². The van der Waals surface area contributed by atoms with Crippen molar-refractivity contribution < 1.29 is 4.74 Å². The van der Waals surface area contributed by atoms with Crippen LogP contribution in [-0.2, 0) is 0 Å². The van der Waals surface area contributed by atoms with Crippen LogP contribution in [0.5, 0.6) is 0 Å². The first kappa shape index (κ1) is 11.7. The van der Waals surface area contributed by atoms with Gasteiger partial charge in [0.1, 0.15) is 0 Å². The number of nitriles is 1. The highest BCUT2D eigenvalue weighted by Gasteiger charge is 2.52. The van der Waals surface area contributed by atoms with Crippen molar-refractivity contribution in [3.8, 4) is 6.07 Å². The number of nitrogens with zero attached hydrogens (tertiary/aromatic N) is 2. The van der Waals surface area contributed by atoms with Gasteiger partial charge in [-0.3, -0.25) is 0 Å². The predicted octanol–water partition coefficient (Wildman–Crippen LogP) is 2.67. The van der Waals surface area contributed by atoms with Gasteiger partial charge in [0.25, 0.3) is 5.71 Å². The molecule has 2 rings (SSSR count). The van der Waals surface area contributed by atoms with E-state index in [1.807, 2.05) is 57.2 Å².